The Labute approximate surface area is 145 Å². The topological polar surface area (TPSA) is 77.5 Å². The van der Waals surface area contributed by atoms with Gasteiger partial charge in [-0.05, 0) is 43.7 Å². The van der Waals surface area contributed by atoms with Crippen molar-refractivity contribution < 1.29 is 18.4 Å². The first-order chi connectivity index (χ1) is 12.1. The summed E-state index contributed by atoms with van der Waals surface area (Å²) in [5.74, 6) is 1.35. The van der Waals surface area contributed by atoms with E-state index in [9.17, 15) is 4.79 Å². The van der Waals surface area contributed by atoms with Crippen molar-refractivity contribution in [3.05, 3.63) is 59.7 Å². The summed E-state index contributed by atoms with van der Waals surface area (Å²) in [6.45, 7) is 3.73. The second kappa shape index (κ2) is 7.36. The normalized spacial score (nSPS) is 12.1. The summed E-state index contributed by atoms with van der Waals surface area (Å²) in [7, 11) is 1.65. The number of ether oxygens (including phenoxy) is 1. The first-order valence-corrected chi connectivity index (χ1v) is 7.99. The van der Waals surface area contributed by atoms with E-state index in [1.807, 2.05) is 31.2 Å². The average molecular weight is 340 g/mol. The predicted molar refractivity (Wildman–Crippen MR) is 93.1 cm³/mol. The zero-order chi connectivity index (χ0) is 17.8. The molecule has 0 aliphatic rings. The maximum Gasteiger partial charge on any atom is 0.263 e. The van der Waals surface area contributed by atoms with Crippen molar-refractivity contribution in [1.82, 2.24) is 4.98 Å². The van der Waals surface area contributed by atoms with Crippen LogP contribution >= 0.6 is 0 Å². The number of furan rings is 1. The molecule has 2 aromatic heterocycles. The van der Waals surface area contributed by atoms with Crippen LogP contribution in [0.3, 0.4) is 0 Å². The van der Waals surface area contributed by atoms with E-state index >= 15 is 0 Å². The number of amides is 1. The maximum absolute atomic E-state index is 12.3. The van der Waals surface area contributed by atoms with Gasteiger partial charge in [0.25, 0.3) is 5.89 Å². The minimum atomic E-state index is -0.162. The molecule has 0 bridgehead atoms. The van der Waals surface area contributed by atoms with Crippen molar-refractivity contribution in [3.63, 3.8) is 0 Å². The third-order valence-corrected chi connectivity index (χ3v) is 3.95. The van der Waals surface area contributed by atoms with E-state index in [0.717, 1.165) is 11.3 Å². The van der Waals surface area contributed by atoms with Gasteiger partial charge in [0, 0.05) is 12.8 Å². The van der Waals surface area contributed by atoms with Gasteiger partial charge in [-0.15, -0.1) is 0 Å². The average Bonchev–Trinajstić information content (AvgIpc) is 3.25. The molecular weight excluding hydrogens is 320 g/mol. The van der Waals surface area contributed by atoms with E-state index in [0.29, 0.717) is 23.1 Å². The Morgan fingerprint density at radius 2 is 2.16 bits per heavy atom. The van der Waals surface area contributed by atoms with Crippen LogP contribution in [0, 0.1) is 6.92 Å². The van der Waals surface area contributed by atoms with Crippen LogP contribution in [0.2, 0.25) is 0 Å². The number of methoxy groups -OCH3 is 1. The highest BCUT2D eigenvalue weighted by Gasteiger charge is 2.16. The Kier molecular flexibility index (Phi) is 5.00. The lowest BCUT2D eigenvalue weighted by atomic mass is 10.1. The molecule has 130 valence electrons. The lowest BCUT2D eigenvalue weighted by Gasteiger charge is -2.11. The van der Waals surface area contributed by atoms with Crippen LogP contribution in [-0.4, -0.2) is 18.0 Å². The van der Waals surface area contributed by atoms with Gasteiger partial charge in [-0.2, -0.15) is 0 Å². The lowest BCUT2D eigenvalue weighted by Crippen LogP contribution is -2.15. The molecule has 6 heteroatoms. The Balaban J connectivity index is 1.69. The third kappa shape index (κ3) is 3.97. The van der Waals surface area contributed by atoms with Gasteiger partial charge in [0.15, 0.2) is 5.76 Å². The molecule has 0 saturated heterocycles. The largest absolute Gasteiger partial charge is 0.459 e. The molecule has 6 nitrogen and oxygen atoms in total. The number of benzene rings is 1. The van der Waals surface area contributed by atoms with Crippen molar-refractivity contribution in [2.24, 2.45) is 0 Å². The van der Waals surface area contributed by atoms with Crippen LogP contribution in [0.15, 0.2) is 51.5 Å². The molecule has 3 aromatic rings. The Hall–Kier alpha value is -2.86. The molecule has 2 heterocycles. The van der Waals surface area contributed by atoms with Gasteiger partial charge in [-0.1, -0.05) is 12.1 Å². The highest BCUT2D eigenvalue weighted by molar-refractivity contribution is 5.92. The van der Waals surface area contributed by atoms with Crippen molar-refractivity contribution in [3.8, 4) is 11.7 Å². The minimum absolute atomic E-state index is 0.0366. The van der Waals surface area contributed by atoms with Crippen molar-refractivity contribution >= 4 is 11.6 Å². The summed E-state index contributed by atoms with van der Waals surface area (Å²) in [4.78, 5) is 16.7. The number of nitrogens with zero attached hydrogens (tertiary/aromatic N) is 1. The van der Waals surface area contributed by atoms with Crippen LogP contribution < -0.4 is 5.32 Å². The lowest BCUT2D eigenvalue weighted by molar-refractivity contribution is -0.115. The Morgan fingerprint density at radius 1 is 1.32 bits per heavy atom. The van der Waals surface area contributed by atoms with Crippen molar-refractivity contribution in [2.45, 2.75) is 26.4 Å². The zero-order valence-corrected chi connectivity index (χ0v) is 14.4. The smallest absolute Gasteiger partial charge is 0.263 e. The van der Waals surface area contributed by atoms with E-state index in [1.165, 1.54) is 0 Å². The molecular formula is C19H20N2O4. The molecule has 1 atom stereocenters. The number of hydrogen-bond acceptors (Lipinski definition) is 5. The number of anilines is 1. The summed E-state index contributed by atoms with van der Waals surface area (Å²) in [5, 5.41) is 2.88. The molecule has 1 aromatic carbocycles. The van der Waals surface area contributed by atoms with Crippen LogP contribution in [0.4, 0.5) is 5.69 Å². The van der Waals surface area contributed by atoms with Crippen molar-refractivity contribution in [1.29, 1.82) is 0 Å². The highest BCUT2D eigenvalue weighted by Crippen LogP contribution is 2.23. The molecule has 0 saturated carbocycles. The molecule has 1 N–H and O–H groups in total. The van der Waals surface area contributed by atoms with Gasteiger partial charge >= 0.3 is 0 Å². The number of nitrogens with one attached hydrogen (secondary N) is 1. The summed E-state index contributed by atoms with van der Waals surface area (Å²) in [6, 6.07) is 11.1. The van der Waals surface area contributed by atoms with Gasteiger partial charge in [-0.25, -0.2) is 4.98 Å². The molecule has 0 fully saturated rings. The Bertz CT molecular complexity index is 852. The molecule has 0 aliphatic carbocycles. The summed E-state index contributed by atoms with van der Waals surface area (Å²) < 4.78 is 16.1. The minimum Gasteiger partial charge on any atom is -0.459 e. The number of aryl methyl sites for hydroxylation is 1. The van der Waals surface area contributed by atoms with E-state index in [-0.39, 0.29) is 18.4 Å². The zero-order valence-electron chi connectivity index (χ0n) is 14.4. The first kappa shape index (κ1) is 17.0. The van der Waals surface area contributed by atoms with Gasteiger partial charge in [0.05, 0.1) is 24.5 Å². The second-order valence-corrected chi connectivity index (χ2v) is 5.73. The molecule has 0 aliphatic heterocycles. The predicted octanol–water partition coefficient (Wildman–Crippen LogP) is 4.13. The summed E-state index contributed by atoms with van der Waals surface area (Å²) >= 11 is 0. The first-order valence-electron chi connectivity index (χ1n) is 7.99. The number of rotatable bonds is 6. The summed E-state index contributed by atoms with van der Waals surface area (Å²) in [6.07, 6.45) is 1.64. The monoisotopic (exact) mass is 340 g/mol. The molecule has 0 radical (unpaired) electrons. The number of aromatic nitrogens is 1. The van der Waals surface area contributed by atoms with Gasteiger partial charge in [0.1, 0.15) is 5.76 Å². The van der Waals surface area contributed by atoms with Gasteiger partial charge in [0.2, 0.25) is 5.91 Å². The fourth-order valence-electron chi connectivity index (χ4n) is 2.46. The number of carbonyl (C=O) groups excluding carboxylic acids is 1. The molecule has 3 rings (SSSR count). The van der Waals surface area contributed by atoms with Crippen LogP contribution in [0.5, 0.6) is 0 Å². The van der Waals surface area contributed by atoms with E-state index in [1.54, 1.807) is 32.4 Å². The molecule has 25 heavy (non-hydrogen) atoms. The summed E-state index contributed by atoms with van der Waals surface area (Å²) in [5.41, 5.74) is 2.31. The van der Waals surface area contributed by atoms with Crippen molar-refractivity contribution in [2.75, 3.05) is 12.4 Å². The molecule has 1 amide bonds. The van der Waals surface area contributed by atoms with Crippen LogP contribution in [0.1, 0.15) is 30.0 Å². The third-order valence-electron chi connectivity index (χ3n) is 3.95. The quantitative estimate of drug-likeness (QED) is 0.730. The SMILES string of the molecule is COC(C)c1cccc(NC(=O)Cc2nc(-c3ccco3)oc2C)c1. The van der Waals surface area contributed by atoms with E-state index < -0.39 is 0 Å². The van der Waals surface area contributed by atoms with E-state index in [4.69, 9.17) is 13.6 Å². The number of oxazole rings is 1. The number of hydrogen-bond donors (Lipinski definition) is 1. The molecule has 1 unspecified atom stereocenters. The van der Waals surface area contributed by atoms with Crippen LogP contribution in [0.25, 0.3) is 11.7 Å². The van der Waals surface area contributed by atoms with E-state index in [2.05, 4.69) is 10.3 Å². The number of carbonyl (C=O) groups is 1. The second-order valence-electron chi connectivity index (χ2n) is 5.73. The fraction of sp³-hybridized carbons (Fsp3) is 0.263. The molecule has 0 spiro atoms. The fourth-order valence-corrected chi connectivity index (χ4v) is 2.46. The van der Waals surface area contributed by atoms with Gasteiger partial charge in [-0.3, -0.25) is 4.79 Å². The maximum atomic E-state index is 12.3. The van der Waals surface area contributed by atoms with Gasteiger partial charge < -0.3 is 18.9 Å². The standard InChI is InChI=1S/C19H20N2O4/c1-12(23-3)14-6-4-7-15(10-14)20-18(22)11-16-13(2)25-19(21-16)17-8-5-9-24-17/h4-10,12H,11H2,1-3H3,(H,20,22). The highest BCUT2D eigenvalue weighted by atomic mass is 16.5. The van der Waals surface area contributed by atoms with Crippen LogP contribution in [-0.2, 0) is 16.0 Å². The Morgan fingerprint density at radius 3 is 2.88 bits per heavy atom.